The van der Waals surface area contributed by atoms with Gasteiger partial charge in [0, 0.05) is 20.3 Å². The van der Waals surface area contributed by atoms with Crippen LogP contribution in [-0.2, 0) is 30.0 Å². The maximum absolute atomic E-state index is 12.2. The monoisotopic (exact) mass is 316 g/mol. The average Bonchev–Trinajstić information content (AvgIpc) is 2.56. The van der Waals surface area contributed by atoms with E-state index in [1.807, 2.05) is 31.2 Å². The number of ether oxygens (including phenoxy) is 1. The van der Waals surface area contributed by atoms with Gasteiger partial charge in [0.2, 0.25) is 0 Å². The average molecular weight is 316 g/mol. The molecule has 1 unspecified atom stereocenters. The van der Waals surface area contributed by atoms with Crippen LogP contribution in [0.4, 0.5) is 0 Å². The second kappa shape index (κ2) is 6.64. The van der Waals surface area contributed by atoms with E-state index in [1.54, 1.807) is 7.05 Å². The first-order chi connectivity index (χ1) is 10.8. The zero-order valence-electron chi connectivity index (χ0n) is 13.7. The number of benzene rings is 1. The van der Waals surface area contributed by atoms with Gasteiger partial charge in [0.05, 0.1) is 18.6 Å². The first kappa shape index (κ1) is 16.7. The van der Waals surface area contributed by atoms with Gasteiger partial charge in [-0.15, -0.1) is 0 Å². The fourth-order valence-corrected chi connectivity index (χ4v) is 2.46. The van der Waals surface area contributed by atoms with E-state index in [-0.39, 0.29) is 23.1 Å². The lowest BCUT2D eigenvalue weighted by Gasteiger charge is -2.10. The van der Waals surface area contributed by atoms with Gasteiger partial charge in [0.15, 0.2) is 0 Å². The molecule has 1 heterocycles. The minimum Gasteiger partial charge on any atom is -0.469 e. The van der Waals surface area contributed by atoms with E-state index in [4.69, 9.17) is 4.74 Å². The van der Waals surface area contributed by atoms with Gasteiger partial charge in [-0.05, 0) is 17.5 Å². The van der Waals surface area contributed by atoms with E-state index in [2.05, 4.69) is 0 Å². The third kappa shape index (κ3) is 3.41. The maximum atomic E-state index is 12.2. The number of aryl methyl sites for hydroxylation is 1. The third-order valence-electron chi connectivity index (χ3n) is 3.86. The van der Waals surface area contributed by atoms with Gasteiger partial charge in [-0.25, -0.2) is 4.79 Å². The zero-order valence-corrected chi connectivity index (χ0v) is 13.7. The SMILES string of the molecule is COC(=O)C(C)Cc1ccc(-c2cn(C)c(=O)n(C)c2=O)cc1. The Kier molecular flexibility index (Phi) is 4.83. The summed E-state index contributed by atoms with van der Waals surface area (Å²) in [4.78, 5) is 35.4. The molecule has 1 aromatic heterocycles. The van der Waals surface area contributed by atoms with Crippen LogP contribution in [0.1, 0.15) is 12.5 Å². The van der Waals surface area contributed by atoms with Gasteiger partial charge < -0.3 is 9.30 Å². The molecule has 0 amide bonds. The Morgan fingerprint density at radius 3 is 2.35 bits per heavy atom. The highest BCUT2D eigenvalue weighted by atomic mass is 16.5. The first-order valence-electron chi connectivity index (χ1n) is 7.29. The summed E-state index contributed by atoms with van der Waals surface area (Å²) in [6, 6.07) is 7.39. The maximum Gasteiger partial charge on any atom is 0.330 e. The lowest BCUT2D eigenvalue weighted by molar-refractivity contribution is -0.144. The van der Waals surface area contributed by atoms with Gasteiger partial charge in [0.25, 0.3) is 5.56 Å². The van der Waals surface area contributed by atoms with Crippen molar-refractivity contribution in [2.75, 3.05) is 7.11 Å². The van der Waals surface area contributed by atoms with Crippen molar-refractivity contribution in [1.29, 1.82) is 0 Å². The van der Waals surface area contributed by atoms with Gasteiger partial charge in [-0.1, -0.05) is 31.2 Å². The van der Waals surface area contributed by atoms with Crippen LogP contribution in [0.15, 0.2) is 40.1 Å². The van der Waals surface area contributed by atoms with Crippen molar-refractivity contribution in [2.24, 2.45) is 20.0 Å². The molecule has 1 atom stereocenters. The van der Waals surface area contributed by atoms with Crippen molar-refractivity contribution in [3.05, 3.63) is 56.9 Å². The standard InChI is InChI=1S/C17H20N2O4/c1-11(16(21)23-4)9-12-5-7-13(8-6-12)14-10-18(2)17(22)19(3)15(14)20/h5-8,10-11H,9H2,1-4H3. The summed E-state index contributed by atoms with van der Waals surface area (Å²) in [6.07, 6.45) is 2.11. The summed E-state index contributed by atoms with van der Waals surface area (Å²) in [7, 11) is 4.44. The predicted molar refractivity (Wildman–Crippen MR) is 87.2 cm³/mol. The molecule has 0 bridgehead atoms. The number of rotatable bonds is 4. The van der Waals surface area contributed by atoms with Crippen molar-refractivity contribution in [2.45, 2.75) is 13.3 Å². The molecule has 0 saturated heterocycles. The molecule has 6 nitrogen and oxygen atoms in total. The molecule has 0 radical (unpaired) electrons. The number of hydrogen-bond donors (Lipinski definition) is 0. The van der Waals surface area contributed by atoms with E-state index in [9.17, 15) is 14.4 Å². The van der Waals surface area contributed by atoms with Gasteiger partial charge in [-0.2, -0.15) is 0 Å². The lowest BCUT2D eigenvalue weighted by Crippen LogP contribution is -2.37. The van der Waals surface area contributed by atoms with Gasteiger partial charge in [-0.3, -0.25) is 14.2 Å². The summed E-state index contributed by atoms with van der Waals surface area (Å²) in [6.45, 7) is 1.81. The van der Waals surface area contributed by atoms with Gasteiger partial charge >= 0.3 is 11.7 Å². The number of carbonyl (C=O) groups excluding carboxylic acids is 1. The summed E-state index contributed by atoms with van der Waals surface area (Å²) < 4.78 is 7.18. The van der Waals surface area contributed by atoms with Crippen LogP contribution in [0.5, 0.6) is 0 Å². The molecule has 2 aromatic rings. The van der Waals surface area contributed by atoms with Gasteiger partial charge in [0.1, 0.15) is 0 Å². The van der Waals surface area contributed by atoms with Crippen molar-refractivity contribution >= 4 is 5.97 Å². The Morgan fingerprint density at radius 2 is 1.78 bits per heavy atom. The van der Waals surface area contributed by atoms with Crippen LogP contribution < -0.4 is 11.2 Å². The Hall–Kier alpha value is -2.63. The van der Waals surface area contributed by atoms with Crippen molar-refractivity contribution < 1.29 is 9.53 Å². The smallest absolute Gasteiger partial charge is 0.330 e. The minimum absolute atomic E-state index is 0.226. The molecule has 0 aliphatic carbocycles. The summed E-state index contributed by atoms with van der Waals surface area (Å²) >= 11 is 0. The summed E-state index contributed by atoms with van der Waals surface area (Å²) in [5, 5.41) is 0. The van der Waals surface area contributed by atoms with Crippen molar-refractivity contribution in [3.8, 4) is 11.1 Å². The van der Waals surface area contributed by atoms with Crippen LogP contribution in [-0.4, -0.2) is 22.2 Å². The Bertz CT molecular complexity index is 831. The molecular weight excluding hydrogens is 296 g/mol. The van der Waals surface area contributed by atoms with E-state index in [1.165, 1.54) is 24.9 Å². The van der Waals surface area contributed by atoms with Crippen LogP contribution in [0.2, 0.25) is 0 Å². The topological polar surface area (TPSA) is 70.3 Å². The number of aromatic nitrogens is 2. The molecule has 122 valence electrons. The molecular formula is C17H20N2O4. The van der Waals surface area contributed by atoms with E-state index in [0.29, 0.717) is 12.0 Å². The molecule has 0 saturated carbocycles. The van der Waals surface area contributed by atoms with E-state index < -0.39 is 0 Å². The fraction of sp³-hybridized carbons (Fsp3) is 0.353. The second-order valence-corrected chi connectivity index (χ2v) is 5.63. The molecule has 0 aliphatic heterocycles. The molecule has 0 spiro atoms. The van der Waals surface area contributed by atoms with Crippen molar-refractivity contribution in [1.82, 2.24) is 9.13 Å². The first-order valence-corrected chi connectivity index (χ1v) is 7.29. The highest BCUT2D eigenvalue weighted by Crippen LogP contribution is 2.17. The Labute approximate surface area is 134 Å². The Morgan fingerprint density at radius 1 is 1.17 bits per heavy atom. The van der Waals surface area contributed by atoms with Crippen LogP contribution in [0.25, 0.3) is 11.1 Å². The lowest BCUT2D eigenvalue weighted by atomic mass is 9.99. The highest BCUT2D eigenvalue weighted by Gasteiger charge is 2.14. The second-order valence-electron chi connectivity index (χ2n) is 5.63. The Balaban J connectivity index is 2.32. The van der Waals surface area contributed by atoms with Crippen LogP contribution in [0, 0.1) is 5.92 Å². The third-order valence-corrected chi connectivity index (χ3v) is 3.86. The molecule has 0 fully saturated rings. The molecule has 23 heavy (non-hydrogen) atoms. The fourth-order valence-electron chi connectivity index (χ4n) is 2.46. The highest BCUT2D eigenvalue weighted by molar-refractivity contribution is 5.72. The summed E-state index contributed by atoms with van der Waals surface area (Å²) in [5.41, 5.74) is 1.48. The van der Waals surface area contributed by atoms with Crippen LogP contribution in [0.3, 0.4) is 0 Å². The number of esters is 1. The molecule has 0 aliphatic rings. The molecule has 0 N–H and O–H groups in total. The predicted octanol–water partition coefficient (Wildman–Crippen LogP) is 1.10. The van der Waals surface area contributed by atoms with E-state index >= 15 is 0 Å². The van der Waals surface area contributed by atoms with Crippen molar-refractivity contribution in [3.63, 3.8) is 0 Å². The molecule has 2 rings (SSSR count). The largest absolute Gasteiger partial charge is 0.469 e. The number of nitrogens with zero attached hydrogens (tertiary/aromatic N) is 2. The molecule has 1 aromatic carbocycles. The number of methoxy groups -OCH3 is 1. The molecule has 6 heteroatoms. The normalized spacial score (nSPS) is 12.0. The van der Waals surface area contributed by atoms with E-state index in [0.717, 1.165) is 15.7 Å². The quantitative estimate of drug-likeness (QED) is 0.792. The summed E-state index contributed by atoms with van der Waals surface area (Å²) in [5.74, 6) is -0.475. The number of carbonyl (C=O) groups is 1. The zero-order chi connectivity index (χ0) is 17.1. The van der Waals surface area contributed by atoms with Crippen LogP contribution >= 0.6 is 0 Å². The minimum atomic E-state index is -0.359. The number of hydrogen-bond acceptors (Lipinski definition) is 4.